The first-order chi connectivity index (χ1) is 14.1. The average molecular weight is 448 g/mol. The van der Waals surface area contributed by atoms with E-state index in [1.165, 1.54) is 0 Å². The van der Waals surface area contributed by atoms with E-state index in [-0.39, 0.29) is 37.1 Å². The molecule has 172 valence electrons. The van der Waals surface area contributed by atoms with Gasteiger partial charge >= 0.3 is 5.97 Å². The standard InChI is InChI=1S/C17H33N7O5S/c1-3-9(2)13(16(28)29)24-14(26)10(5-4-6-21-17(19)20)23-15(27)11(8-30)22-12(25)7-18/h9-11,13,30H,3-8,18H2,1-2H3,(H,22,25)(H,23,27)(H,24,26)(H,28,29)(H4,19,20,21). The zero-order valence-corrected chi connectivity index (χ0v) is 18.2. The summed E-state index contributed by atoms with van der Waals surface area (Å²) in [5.41, 5.74) is 15.8. The zero-order valence-electron chi connectivity index (χ0n) is 17.3. The Bertz CT molecular complexity index is 628. The van der Waals surface area contributed by atoms with Crippen molar-refractivity contribution in [1.29, 1.82) is 0 Å². The van der Waals surface area contributed by atoms with Gasteiger partial charge in [-0.15, -0.1) is 0 Å². The zero-order chi connectivity index (χ0) is 23.3. The molecule has 0 radical (unpaired) electrons. The molecule has 0 aliphatic heterocycles. The Morgan fingerprint density at radius 2 is 1.67 bits per heavy atom. The van der Waals surface area contributed by atoms with Gasteiger partial charge in [0.1, 0.15) is 18.1 Å². The summed E-state index contributed by atoms with van der Waals surface area (Å²) in [5.74, 6) is -3.49. The van der Waals surface area contributed by atoms with Gasteiger partial charge in [0.15, 0.2) is 5.96 Å². The van der Waals surface area contributed by atoms with Gasteiger partial charge in [0, 0.05) is 12.3 Å². The second kappa shape index (κ2) is 14.4. The van der Waals surface area contributed by atoms with Crippen LogP contribution in [0.2, 0.25) is 0 Å². The highest BCUT2D eigenvalue weighted by atomic mass is 32.1. The van der Waals surface area contributed by atoms with Crippen LogP contribution in [-0.4, -0.2) is 71.7 Å². The van der Waals surface area contributed by atoms with Crippen molar-refractivity contribution in [3.63, 3.8) is 0 Å². The summed E-state index contributed by atoms with van der Waals surface area (Å²) in [7, 11) is 0. The number of hydrogen-bond acceptors (Lipinski definition) is 7. The van der Waals surface area contributed by atoms with Gasteiger partial charge in [0.25, 0.3) is 0 Å². The van der Waals surface area contributed by atoms with E-state index in [1.54, 1.807) is 13.8 Å². The number of carbonyl (C=O) groups is 4. The van der Waals surface area contributed by atoms with Gasteiger partial charge in [-0.05, 0) is 18.8 Å². The summed E-state index contributed by atoms with van der Waals surface area (Å²) in [6, 6.07) is -3.19. The van der Waals surface area contributed by atoms with Crippen molar-refractivity contribution in [2.75, 3.05) is 18.8 Å². The normalized spacial score (nSPS) is 14.5. The second-order valence-electron chi connectivity index (χ2n) is 6.73. The first kappa shape index (κ1) is 27.5. The molecule has 0 aliphatic rings. The van der Waals surface area contributed by atoms with Gasteiger partial charge in [-0.25, -0.2) is 4.79 Å². The molecule has 0 fully saturated rings. The van der Waals surface area contributed by atoms with Gasteiger partial charge < -0.3 is 38.3 Å². The molecular weight excluding hydrogens is 414 g/mol. The number of nitrogens with zero attached hydrogens (tertiary/aromatic N) is 1. The molecule has 10 N–H and O–H groups in total. The summed E-state index contributed by atoms with van der Waals surface area (Å²) in [5, 5.41) is 16.8. The summed E-state index contributed by atoms with van der Waals surface area (Å²) in [4.78, 5) is 52.0. The largest absolute Gasteiger partial charge is 0.480 e. The number of carbonyl (C=O) groups excluding carboxylic acids is 3. The Labute approximate surface area is 181 Å². The number of guanidine groups is 1. The van der Waals surface area contributed by atoms with Crippen LogP contribution in [0, 0.1) is 5.92 Å². The maximum Gasteiger partial charge on any atom is 0.326 e. The van der Waals surface area contributed by atoms with Gasteiger partial charge in [0.05, 0.1) is 6.54 Å². The lowest BCUT2D eigenvalue weighted by Crippen LogP contribution is -2.57. The van der Waals surface area contributed by atoms with Gasteiger partial charge in [0.2, 0.25) is 17.7 Å². The van der Waals surface area contributed by atoms with Crippen molar-refractivity contribution < 1.29 is 24.3 Å². The molecule has 3 amide bonds. The molecule has 30 heavy (non-hydrogen) atoms. The molecule has 0 aromatic rings. The fourth-order valence-corrected chi connectivity index (χ4v) is 2.69. The van der Waals surface area contributed by atoms with Crippen LogP contribution < -0.4 is 33.2 Å². The van der Waals surface area contributed by atoms with Crippen LogP contribution in [0.25, 0.3) is 0 Å². The quantitative estimate of drug-likeness (QED) is 0.0615. The van der Waals surface area contributed by atoms with Crippen LogP contribution >= 0.6 is 12.6 Å². The highest BCUT2D eigenvalue weighted by Gasteiger charge is 2.30. The number of nitrogens with two attached hydrogens (primary N) is 3. The topological polar surface area (TPSA) is 215 Å². The minimum absolute atomic E-state index is 0.0233. The lowest BCUT2D eigenvalue weighted by atomic mass is 9.98. The van der Waals surface area contributed by atoms with Crippen LogP contribution in [0.15, 0.2) is 4.99 Å². The predicted molar refractivity (Wildman–Crippen MR) is 116 cm³/mol. The molecule has 12 nitrogen and oxygen atoms in total. The number of amides is 3. The minimum Gasteiger partial charge on any atom is -0.480 e. The number of rotatable bonds is 14. The third kappa shape index (κ3) is 10.3. The number of aliphatic imine (C=N–C) groups is 1. The third-order valence-electron chi connectivity index (χ3n) is 4.37. The first-order valence-corrected chi connectivity index (χ1v) is 10.2. The minimum atomic E-state index is -1.17. The van der Waals surface area contributed by atoms with Crippen molar-refractivity contribution in [1.82, 2.24) is 16.0 Å². The molecule has 0 aromatic carbocycles. The monoisotopic (exact) mass is 447 g/mol. The first-order valence-electron chi connectivity index (χ1n) is 9.56. The van der Waals surface area contributed by atoms with E-state index < -0.39 is 41.8 Å². The van der Waals surface area contributed by atoms with Crippen molar-refractivity contribution in [2.45, 2.75) is 51.2 Å². The molecule has 0 aliphatic carbocycles. The number of carboxylic acid groups (broad SMARTS) is 1. The summed E-state index contributed by atoms with van der Waals surface area (Å²) in [6.45, 7) is 3.41. The molecule has 0 aromatic heterocycles. The molecule has 4 unspecified atom stereocenters. The molecule has 0 heterocycles. The molecule has 13 heteroatoms. The molecular formula is C17H33N7O5S. The second-order valence-corrected chi connectivity index (χ2v) is 7.09. The van der Waals surface area contributed by atoms with Crippen molar-refractivity contribution in [2.24, 2.45) is 28.1 Å². The summed E-state index contributed by atoms with van der Waals surface area (Å²) < 4.78 is 0. The maximum atomic E-state index is 12.7. The highest BCUT2D eigenvalue weighted by Crippen LogP contribution is 2.09. The van der Waals surface area contributed by atoms with E-state index in [9.17, 15) is 24.3 Å². The number of carboxylic acids is 1. The molecule has 0 rings (SSSR count). The Morgan fingerprint density at radius 3 is 2.13 bits per heavy atom. The van der Waals surface area contributed by atoms with Crippen molar-refractivity contribution in [3.8, 4) is 0 Å². The lowest BCUT2D eigenvalue weighted by Gasteiger charge is -2.25. The number of thiol groups is 1. The van der Waals surface area contributed by atoms with E-state index in [2.05, 4.69) is 33.6 Å². The van der Waals surface area contributed by atoms with Crippen LogP contribution in [0.3, 0.4) is 0 Å². The Kier molecular flexibility index (Phi) is 13.2. The lowest BCUT2D eigenvalue weighted by molar-refractivity contribution is -0.143. The molecule has 0 spiro atoms. The molecule has 0 saturated heterocycles. The summed E-state index contributed by atoms with van der Waals surface area (Å²) >= 11 is 4.03. The number of aliphatic carboxylic acids is 1. The summed E-state index contributed by atoms with van der Waals surface area (Å²) in [6.07, 6.45) is 1.02. The molecule has 0 bridgehead atoms. The predicted octanol–water partition coefficient (Wildman–Crippen LogP) is -2.49. The van der Waals surface area contributed by atoms with Crippen molar-refractivity contribution >= 4 is 42.3 Å². The van der Waals surface area contributed by atoms with Crippen LogP contribution in [0.1, 0.15) is 33.1 Å². The van der Waals surface area contributed by atoms with Crippen molar-refractivity contribution in [3.05, 3.63) is 0 Å². The van der Waals surface area contributed by atoms with E-state index in [4.69, 9.17) is 17.2 Å². The number of hydrogen-bond donors (Lipinski definition) is 8. The molecule has 4 atom stereocenters. The van der Waals surface area contributed by atoms with E-state index in [0.29, 0.717) is 12.8 Å². The van der Waals surface area contributed by atoms with E-state index in [1.807, 2.05) is 0 Å². The van der Waals surface area contributed by atoms with E-state index in [0.717, 1.165) is 0 Å². The highest BCUT2D eigenvalue weighted by molar-refractivity contribution is 7.80. The maximum absolute atomic E-state index is 12.7. The third-order valence-corrected chi connectivity index (χ3v) is 4.74. The Balaban J connectivity index is 5.34. The van der Waals surface area contributed by atoms with Crippen LogP contribution in [0.4, 0.5) is 0 Å². The van der Waals surface area contributed by atoms with Crippen LogP contribution in [0.5, 0.6) is 0 Å². The Morgan fingerprint density at radius 1 is 1.07 bits per heavy atom. The van der Waals surface area contributed by atoms with E-state index >= 15 is 0 Å². The SMILES string of the molecule is CCC(C)C(NC(=O)C(CCCN=C(N)N)NC(=O)C(CS)NC(=O)CN)C(=O)O. The smallest absolute Gasteiger partial charge is 0.326 e. The molecule has 0 saturated carbocycles. The number of nitrogens with one attached hydrogen (secondary N) is 3. The van der Waals surface area contributed by atoms with Gasteiger partial charge in [-0.1, -0.05) is 20.3 Å². The van der Waals surface area contributed by atoms with Gasteiger partial charge in [-0.3, -0.25) is 19.4 Å². The fourth-order valence-electron chi connectivity index (χ4n) is 2.43. The average Bonchev–Trinajstić information content (AvgIpc) is 2.70. The van der Waals surface area contributed by atoms with Gasteiger partial charge in [-0.2, -0.15) is 12.6 Å². The van der Waals surface area contributed by atoms with Crippen LogP contribution in [-0.2, 0) is 19.2 Å². The Hall–Kier alpha value is -2.54. The fraction of sp³-hybridized carbons (Fsp3) is 0.706.